The second kappa shape index (κ2) is 6.76. The summed E-state index contributed by atoms with van der Waals surface area (Å²) in [5.74, 6) is 1.43. The van der Waals surface area contributed by atoms with Crippen LogP contribution in [0.25, 0.3) is 0 Å². The summed E-state index contributed by atoms with van der Waals surface area (Å²) in [6, 6.07) is 7.84. The smallest absolute Gasteiger partial charge is 0.119 e. The molecule has 0 heterocycles. The van der Waals surface area contributed by atoms with Gasteiger partial charge in [0.2, 0.25) is 0 Å². The predicted octanol–water partition coefficient (Wildman–Crippen LogP) is 2.23. The summed E-state index contributed by atoms with van der Waals surface area (Å²) in [6.07, 6.45) is 0.620. The molecule has 0 aliphatic heterocycles. The molecule has 0 bridgehead atoms. The Morgan fingerprint density at radius 3 is 2.72 bits per heavy atom. The minimum atomic E-state index is -0.735. The minimum Gasteiger partial charge on any atom is -0.497 e. The van der Waals surface area contributed by atoms with Gasteiger partial charge >= 0.3 is 0 Å². The third-order valence-electron chi connectivity index (χ3n) is 2.78. The van der Waals surface area contributed by atoms with Crippen LogP contribution < -0.4 is 10.1 Å². The Morgan fingerprint density at radius 1 is 1.39 bits per heavy atom. The first kappa shape index (κ1) is 15.0. The van der Waals surface area contributed by atoms with E-state index in [1.165, 1.54) is 0 Å². The number of methoxy groups -OCH3 is 1. The zero-order valence-electron chi connectivity index (χ0n) is 11.9. The Balaban J connectivity index is 2.52. The fourth-order valence-electron chi connectivity index (χ4n) is 1.91. The Hall–Kier alpha value is -1.06. The van der Waals surface area contributed by atoms with Gasteiger partial charge in [0.25, 0.3) is 0 Å². The van der Waals surface area contributed by atoms with E-state index in [4.69, 9.17) is 4.74 Å². The highest BCUT2D eigenvalue weighted by atomic mass is 16.5. The quantitative estimate of drug-likeness (QED) is 0.781. The Labute approximate surface area is 110 Å². The van der Waals surface area contributed by atoms with Gasteiger partial charge in [-0.05, 0) is 37.1 Å². The fourth-order valence-corrected chi connectivity index (χ4v) is 1.91. The van der Waals surface area contributed by atoms with Gasteiger partial charge in [0.15, 0.2) is 0 Å². The maximum atomic E-state index is 10.3. The van der Waals surface area contributed by atoms with Crippen LogP contribution in [0.4, 0.5) is 0 Å². The summed E-state index contributed by atoms with van der Waals surface area (Å²) in [5, 5.41) is 13.6. The lowest BCUT2D eigenvalue weighted by Gasteiger charge is -2.24. The van der Waals surface area contributed by atoms with E-state index in [1.54, 1.807) is 7.11 Å². The molecule has 0 spiro atoms. The molecule has 0 amide bonds. The molecule has 102 valence electrons. The topological polar surface area (TPSA) is 41.5 Å². The van der Waals surface area contributed by atoms with Gasteiger partial charge in [0, 0.05) is 13.0 Å². The number of rotatable bonds is 7. The van der Waals surface area contributed by atoms with E-state index in [0.717, 1.165) is 17.9 Å². The summed E-state index contributed by atoms with van der Waals surface area (Å²) in [5.41, 5.74) is 0.354. The minimum absolute atomic E-state index is 0.595. The van der Waals surface area contributed by atoms with Gasteiger partial charge in [0.05, 0.1) is 12.7 Å². The highest BCUT2D eigenvalue weighted by Gasteiger charge is 2.20. The van der Waals surface area contributed by atoms with Crippen molar-refractivity contribution in [3.63, 3.8) is 0 Å². The molecule has 3 heteroatoms. The van der Waals surface area contributed by atoms with Crippen molar-refractivity contribution in [1.82, 2.24) is 5.32 Å². The first-order valence-corrected chi connectivity index (χ1v) is 6.49. The summed E-state index contributed by atoms with van der Waals surface area (Å²) in [7, 11) is 1.65. The zero-order chi connectivity index (χ0) is 13.6. The average molecular weight is 251 g/mol. The SMILES string of the molecule is COc1cccc(CC(C)(O)CNCC(C)C)c1. The highest BCUT2D eigenvalue weighted by molar-refractivity contribution is 5.29. The van der Waals surface area contributed by atoms with Crippen LogP contribution in [0.3, 0.4) is 0 Å². The number of ether oxygens (including phenoxy) is 1. The largest absolute Gasteiger partial charge is 0.497 e. The van der Waals surface area contributed by atoms with Crippen molar-refractivity contribution in [2.24, 2.45) is 5.92 Å². The molecule has 1 aromatic rings. The van der Waals surface area contributed by atoms with Crippen molar-refractivity contribution in [1.29, 1.82) is 0 Å². The molecule has 3 nitrogen and oxygen atoms in total. The molecule has 0 aliphatic rings. The van der Waals surface area contributed by atoms with Crippen molar-refractivity contribution in [3.8, 4) is 5.75 Å². The van der Waals surface area contributed by atoms with Gasteiger partial charge in [0.1, 0.15) is 5.75 Å². The van der Waals surface area contributed by atoms with E-state index in [9.17, 15) is 5.11 Å². The van der Waals surface area contributed by atoms with Crippen LogP contribution in [-0.4, -0.2) is 30.9 Å². The Kier molecular flexibility index (Phi) is 5.63. The van der Waals surface area contributed by atoms with Gasteiger partial charge in [-0.3, -0.25) is 0 Å². The van der Waals surface area contributed by atoms with Crippen LogP contribution in [0.15, 0.2) is 24.3 Å². The van der Waals surface area contributed by atoms with E-state index in [2.05, 4.69) is 19.2 Å². The van der Waals surface area contributed by atoms with Gasteiger partial charge in [-0.25, -0.2) is 0 Å². The third-order valence-corrected chi connectivity index (χ3v) is 2.78. The van der Waals surface area contributed by atoms with Crippen LogP contribution in [0.5, 0.6) is 5.75 Å². The second-order valence-electron chi connectivity index (χ2n) is 5.55. The molecule has 1 aromatic carbocycles. The molecule has 0 saturated heterocycles. The molecule has 1 rings (SSSR count). The van der Waals surface area contributed by atoms with Crippen LogP contribution in [0.2, 0.25) is 0 Å². The van der Waals surface area contributed by atoms with Crippen molar-refractivity contribution < 1.29 is 9.84 Å². The molecular weight excluding hydrogens is 226 g/mol. The van der Waals surface area contributed by atoms with Gasteiger partial charge in [-0.2, -0.15) is 0 Å². The summed E-state index contributed by atoms with van der Waals surface area (Å²) >= 11 is 0. The fraction of sp³-hybridized carbons (Fsp3) is 0.600. The molecule has 1 unspecified atom stereocenters. The lowest BCUT2D eigenvalue weighted by molar-refractivity contribution is 0.0595. The lowest BCUT2D eigenvalue weighted by atomic mass is 9.96. The number of hydrogen-bond donors (Lipinski definition) is 2. The third kappa shape index (κ3) is 5.52. The number of benzene rings is 1. The van der Waals surface area contributed by atoms with Crippen LogP contribution in [0.1, 0.15) is 26.3 Å². The lowest BCUT2D eigenvalue weighted by Crippen LogP contribution is -2.40. The Bertz CT molecular complexity index is 361. The van der Waals surface area contributed by atoms with Gasteiger partial charge in [-0.15, -0.1) is 0 Å². The zero-order valence-corrected chi connectivity index (χ0v) is 11.9. The number of nitrogens with one attached hydrogen (secondary N) is 1. The molecule has 18 heavy (non-hydrogen) atoms. The van der Waals surface area contributed by atoms with Crippen LogP contribution >= 0.6 is 0 Å². The number of aliphatic hydroxyl groups is 1. The standard InChI is InChI=1S/C15H25NO2/c1-12(2)10-16-11-15(3,17)9-13-6-5-7-14(8-13)18-4/h5-8,12,16-17H,9-11H2,1-4H3. The van der Waals surface area contributed by atoms with Crippen LogP contribution in [-0.2, 0) is 6.42 Å². The molecule has 0 saturated carbocycles. The van der Waals surface area contributed by atoms with E-state index in [1.807, 2.05) is 31.2 Å². The molecule has 0 aliphatic carbocycles. The monoisotopic (exact) mass is 251 g/mol. The van der Waals surface area contributed by atoms with Crippen molar-refractivity contribution in [2.45, 2.75) is 32.8 Å². The van der Waals surface area contributed by atoms with Crippen molar-refractivity contribution in [3.05, 3.63) is 29.8 Å². The van der Waals surface area contributed by atoms with E-state index in [-0.39, 0.29) is 0 Å². The molecule has 0 aromatic heterocycles. The maximum Gasteiger partial charge on any atom is 0.119 e. The normalized spacial score (nSPS) is 14.6. The maximum absolute atomic E-state index is 10.3. The average Bonchev–Trinajstić information content (AvgIpc) is 2.27. The van der Waals surface area contributed by atoms with Crippen LogP contribution in [0, 0.1) is 5.92 Å². The summed E-state index contributed by atoms with van der Waals surface area (Å²) < 4.78 is 5.18. The molecule has 2 N–H and O–H groups in total. The highest BCUT2D eigenvalue weighted by Crippen LogP contribution is 2.17. The molecule has 0 fully saturated rings. The second-order valence-corrected chi connectivity index (χ2v) is 5.55. The van der Waals surface area contributed by atoms with E-state index in [0.29, 0.717) is 18.9 Å². The molecule has 0 radical (unpaired) electrons. The van der Waals surface area contributed by atoms with Gasteiger partial charge < -0.3 is 15.2 Å². The Morgan fingerprint density at radius 2 is 2.11 bits per heavy atom. The number of hydrogen-bond acceptors (Lipinski definition) is 3. The first-order chi connectivity index (χ1) is 8.43. The van der Waals surface area contributed by atoms with E-state index < -0.39 is 5.60 Å². The van der Waals surface area contributed by atoms with Crippen molar-refractivity contribution in [2.75, 3.05) is 20.2 Å². The van der Waals surface area contributed by atoms with Gasteiger partial charge in [-0.1, -0.05) is 26.0 Å². The summed E-state index contributed by atoms with van der Waals surface area (Å²) in [4.78, 5) is 0. The summed E-state index contributed by atoms with van der Waals surface area (Å²) in [6.45, 7) is 7.70. The molecular formula is C15H25NO2. The van der Waals surface area contributed by atoms with Crippen molar-refractivity contribution >= 4 is 0 Å². The predicted molar refractivity (Wildman–Crippen MR) is 75.0 cm³/mol. The molecule has 1 atom stereocenters. The van der Waals surface area contributed by atoms with E-state index >= 15 is 0 Å². The first-order valence-electron chi connectivity index (χ1n) is 6.49.